The summed E-state index contributed by atoms with van der Waals surface area (Å²) < 4.78 is 10.3. The molecule has 0 spiro atoms. The van der Waals surface area contributed by atoms with E-state index in [1.54, 1.807) is 26.4 Å². The molecule has 0 bridgehead atoms. The summed E-state index contributed by atoms with van der Waals surface area (Å²) in [4.78, 5) is 26.1. The Bertz CT molecular complexity index is 902. The summed E-state index contributed by atoms with van der Waals surface area (Å²) in [6, 6.07) is 12.1. The van der Waals surface area contributed by atoms with Gasteiger partial charge in [-0.1, -0.05) is 26.0 Å². The number of carbonyl (C=O) groups excluding carboxylic acids is 1. The van der Waals surface area contributed by atoms with Crippen LogP contribution in [0.25, 0.3) is 0 Å². The molecule has 0 unspecified atom stereocenters. The summed E-state index contributed by atoms with van der Waals surface area (Å²) in [6.45, 7) is 6.94. The molecule has 9 nitrogen and oxygen atoms in total. The minimum absolute atomic E-state index is 0.0611. The number of ether oxygens (including phenoxy) is 2. The smallest absolute Gasteiger partial charge is 0.293 e. The average molecular weight is 445 g/mol. The summed E-state index contributed by atoms with van der Waals surface area (Å²) in [5.41, 5.74) is 1.46. The minimum Gasteiger partial charge on any atom is -0.497 e. The summed E-state index contributed by atoms with van der Waals surface area (Å²) in [5.74, 6) is 0.384. The van der Waals surface area contributed by atoms with E-state index in [0.717, 1.165) is 24.4 Å². The van der Waals surface area contributed by atoms with E-state index in [1.165, 1.54) is 6.07 Å². The Balaban J connectivity index is 2.19. The number of amides is 1. The van der Waals surface area contributed by atoms with Crippen molar-refractivity contribution in [1.29, 1.82) is 0 Å². The molecule has 0 radical (unpaired) electrons. The van der Waals surface area contributed by atoms with Crippen molar-refractivity contribution in [3.8, 4) is 5.75 Å². The van der Waals surface area contributed by atoms with Gasteiger partial charge in [-0.2, -0.15) is 0 Å². The highest BCUT2D eigenvalue weighted by Gasteiger charge is 2.21. The predicted molar refractivity (Wildman–Crippen MR) is 124 cm³/mol. The zero-order valence-corrected chi connectivity index (χ0v) is 19.1. The fraction of sp³-hybridized carbons (Fsp3) is 0.435. The molecule has 0 heterocycles. The number of hydrogen-bond acceptors (Lipinski definition) is 7. The van der Waals surface area contributed by atoms with Crippen LogP contribution in [0, 0.1) is 10.1 Å². The molecule has 174 valence electrons. The molecule has 2 N–H and O–H groups in total. The highest BCUT2D eigenvalue weighted by molar-refractivity contribution is 5.95. The topological polar surface area (TPSA) is 106 Å². The van der Waals surface area contributed by atoms with E-state index in [4.69, 9.17) is 9.47 Å². The van der Waals surface area contributed by atoms with Crippen LogP contribution in [0.4, 0.5) is 11.4 Å². The second-order valence-electron chi connectivity index (χ2n) is 7.13. The van der Waals surface area contributed by atoms with Crippen molar-refractivity contribution < 1.29 is 19.2 Å². The molecule has 9 heteroatoms. The predicted octanol–water partition coefficient (Wildman–Crippen LogP) is 3.47. The van der Waals surface area contributed by atoms with Gasteiger partial charge in [0.2, 0.25) is 0 Å². The quantitative estimate of drug-likeness (QED) is 0.277. The molecule has 0 fully saturated rings. The van der Waals surface area contributed by atoms with E-state index in [1.807, 2.05) is 24.3 Å². The van der Waals surface area contributed by atoms with Crippen molar-refractivity contribution in [2.24, 2.45) is 0 Å². The van der Waals surface area contributed by atoms with Gasteiger partial charge >= 0.3 is 0 Å². The molecule has 0 aliphatic carbocycles. The number of nitro groups is 1. The van der Waals surface area contributed by atoms with Crippen molar-refractivity contribution in [2.45, 2.75) is 19.9 Å². The van der Waals surface area contributed by atoms with Crippen LogP contribution >= 0.6 is 0 Å². The first-order chi connectivity index (χ1) is 15.4. The molecular formula is C23H32N4O5. The number of hydrogen-bond donors (Lipinski definition) is 2. The van der Waals surface area contributed by atoms with Gasteiger partial charge in [0.25, 0.3) is 11.6 Å². The average Bonchev–Trinajstić information content (AvgIpc) is 2.81. The van der Waals surface area contributed by atoms with Gasteiger partial charge in [-0.05, 0) is 42.9 Å². The van der Waals surface area contributed by atoms with Gasteiger partial charge in [0, 0.05) is 31.8 Å². The molecule has 2 aromatic rings. The summed E-state index contributed by atoms with van der Waals surface area (Å²) in [6.07, 6.45) is 0. The molecule has 2 aromatic carbocycles. The van der Waals surface area contributed by atoms with Crippen molar-refractivity contribution in [3.63, 3.8) is 0 Å². The Kier molecular flexibility index (Phi) is 9.90. The molecule has 0 saturated carbocycles. The standard InChI is InChI=1S/C23H32N4O5/c1-5-26(6-2)22(17-8-7-9-19(14-17)32-4)16-25-23(28)18-10-11-20(24-12-13-31-3)21(15-18)27(29)30/h7-11,14-15,22,24H,5-6,12-13,16H2,1-4H3,(H,25,28)/t22-/m0/s1. The van der Waals surface area contributed by atoms with E-state index in [9.17, 15) is 14.9 Å². The second-order valence-corrected chi connectivity index (χ2v) is 7.13. The van der Waals surface area contributed by atoms with Crippen molar-refractivity contribution in [2.75, 3.05) is 52.3 Å². The van der Waals surface area contributed by atoms with Gasteiger partial charge < -0.3 is 20.1 Å². The Labute approximate surface area is 188 Å². The lowest BCUT2D eigenvalue weighted by molar-refractivity contribution is -0.384. The lowest BCUT2D eigenvalue weighted by atomic mass is 10.0. The summed E-state index contributed by atoms with van der Waals surface area (Å²) in [7, 11) is 3.18. The first kappa shape index (κ1) is 25.1. The lowest BCUT2D eigenvalue weighted by Gasteiger charge is -2.30. The number of anilines is 1. The number of methoxy groups -OCH3 is 2. The van der Waals surface area contributed by atoms with Gasteiger partial charge in [0.05, 0.1) is 24.7 Å². The minimum atomic E-state index is -0.499. The number of benzene rings is 2. The van der Waals surface area contributed by atoms with Crippen LogP contribution in [0.15, 0.2) is 42.5 Å². The number of likely N-dealkylation sites (N-methyl/N-ethyl adjacent to an activating group) is 1. The fourth-order valence-electron chi connectivity index (χ4n) is 3.52. The third-order valence-electron chi connectivity index (χ3n) is 5.27. The number of nitrogens with one attached hydrogen (secondary N) is 2. The van der Waals surface area contributed by atoms with Gasteiger partial charge in [-0.25, -0.2) is 0 Å². The van der Waals surface area contributed by atoms with Crippen molar-refractivity contribution in [3.05, 3.63) is 63.7 Å². The zero-order chi connectivity index (χ0) is 23.5. The molecule has 0 saturated heterocycles. The van der Waals surface area contributed by atoms with E-state index < -0.39 is 4.92 Å². The maximum Gasteiger partial charge on any atom is 0.293 e. The molecule has 0 aliphatic heterocycles. The van der Waals surface area contributed by atoms with Crippen LogP contribution in [0.5, 0.6) is 5.75 Å². The monoisotopic (exact) mass is 444 g/mol. The largest absolute Gasteiger partial charge is 0.497 e. The first-order valence-corrected chi connectivity index (χ1v) is 10.6. The van der Waals surface area contributed by atoms with Crippen LogP contribution in [0.3, 0.4) is 0 Å². The van der Waals surface area contributed by atoms with E-state index >= 15 is 0 Å². The van der Waals surface area contributed by atoms with Gasteiger partial charge in [0.1, 0.15) is 11.4 Å². The van der Waals surface area contributed by atoms with Crippen molar-refractivity contribution >= 4 is 17.3 Å². The Morgan fingerprint density at radius 3 is 2.53 bits per heavy atom. The normalized spacial score (nSPS) is 11.8. The van der Waals surface area contributed by atoms with Gasteiger partial charge in [0.15, 0.2) is 0 Å². The molecule has 1 atom stereocenters. The number of rotatable bonds is 13. The molecule has 0 aliphatic rings. The van der Waals surface area contributed by atoms with Crippen LogP contribution in [0.2, 0.25) is 0 Å². The molecular weight excluding hydrogens is 412 g/mol. The maximum absolute atomic E-state index is 12.8. The van der Waals surface area contributed by atoms with Crippen LogP contribution in [-0.2, 0) is 4.74 Å². The number of carbonyl (C=O) groups is 1. The van der Waals surface area contributed by atoms with Crippen LogP contribution in [-0.4, -0.2) is 62.7 Å². The lowest BCUT2D eigenvalue weighted by Crippen LogP contribution is -2.38. The Hall–Kier alpha value is -3.17. The van der Waals surface area contributed by atoms with Gasteiger partial charge in [-0.15, -0.1) is 0 Å². The van der Waals surface area contributed by atoms with Crippen LogP contribution < -0.4 is 15.4 Å². The molecule has 32 heavy (non-hydrogen) atoms. The number of nitrogens with zero attached hydrogens (tertiary/aromatic N) is 2. The third-order valence-corrected chi connectivity index (χ3v) is 5.27. The zero-order valence-electron chi connectivity index (χ0n) is 19.1. The summed E-state index contributed by atoms with van der Waals surface area (Å²) in [5, 5.41) is 17.4. The Morgan fingerprint density at radius 1 is 1.16 bits per heavy atom. The highest BCUT2D eigenvalue weighted by atomic mass is 16.6. The van der Waals surface area contributed by atoms with E-state index in [2.05, 4.69) is 29.4 Å². The second kappa shape index (κ2) is 12.6. The number of nitro benzene ring substituents is 1. The van der Waals surface area contributed by atoms with E-state index in [0.29, 0.717) is 25.4 Å². The highest BCUT2D eigenvalue weighted by Crippen LogP contribution is 2.26. The molecule has 1 amide bonds. The first-order valence-electron chi connectivity index (χ1n) is 10.6. The van der Waals surface area contributed by atoms with E-state index in [-0.39, 0.29) is 23.2 Å². The Morgan fingerprint density at radius 2 is 1.91 bits per heavy atom. The fourth-order valence-corrected chi connectivity index (χ4v) is 3.52. The molecule has 0 aromatic heterocycles. The van der Waals surface area contributed by atoms with Gasteiger partial charge in [-0.3, -0.25) is 19.8 Å². The maximum atomic E-state index is 12.8. The third kappa shape index (κ3) is 6.66. The van der Waals surface area contributed by atoms with Crippen molar-refractivity contribution in [1.82, 2.24) is 10.2 Å². The molecule has 2 rings (SSSR count). The summed E-state index contributed by atoms with van der Waals surface area (Å²) >= 11 is 0. The van der Waals surface area contributed by atoms with Crippen LogP contribution in [0.1, 0.15) is 35.8 Å². The SMILES string of the molecule is CCN(CC)[C@@H](CNC(=O)c1ccc(NCCOC)c([N+](=O)[O-])c1)c1cccc(OC)c1.